The average molecular weight is 292 g/mol. The zero-order valence-electron chi connectivity index (χ0n) is 9.44. The summed E-state index contributed by atoms with van der Waals surface area (Å²) in [5.41, 5.74) is 0. The number of allylic oxidation sites excluding steroid dienone is 4. The summed E-state index contributed by atoms with van der Waals surface area (Å²) < 4.78 is 22.5. The minimum absolute atomic E-state index is 0. The molecule has 5 nitrogen and oxygen atoms in total. The van der Waals surface area contributed by atoms with E-state index in [2.05, 4.69) is 32.1 Å². The fourth-order valence-corrected chi connectivity index (χ4v) is 1.15. The van der Waals surface area contributed by atoms with E-state index < -0.39 is 5.97 Å². The van der Waals surface area contributed by atoms with E-state index in [1.165, 1.54) is 0 Å². The summed E-state index contributed by atoms with van der Waals surface area (Å²) in [6.07, 6.45) is 10.2. The Hall–Kier alpha value is -1.31. The van der Waals surface area contributed by atoms with Crippen molar-refractivity contribution in [2.75, 3.05) is 0 Å². The maximum absolute atomic E-state index is 10.2. The van der Waals surface area contributed by atoms with E-state index in [0.717, 1.165) is 12.8 Å². The first kappa shape index (κ1) is 25.5. The van der Waals surface area contributed by atoms with Crippen LogP contribution in [0.2, 0.25) is 0 Å². The summed E-state index contributed by atoms with van der Waals surface area (Å²) in [6, 6.07) is 0. The van der Waals surface area contributed by atoms with E-state index in [9.17, 15) is 4.79 Å². The molecule has 0 saturated heterocycles. The van der Waals surface area contributed by atoms with Crippen molar-refractivity contribution in [2.24, 2.45) is 5.92 Å². The molecule has 0 aromatic rings. The predicted octanol–water partition coefficient (Wildman–Crippen LogP) is 1.87. The molecular weight excluding hydrogens is 280 g/mol. The minimum atomic E-state index is -0.701. The van der Waals surface area contributed by atoms with Crippen molar-refractivity contribution in [2.45, 2.75) is 19.3 Å². The second-order valence-electron chi connectivity index (χ2n) is 2.74. The van der Waals surface area contributed by atoms with Gasteiger partial charge in [0.15, 0.2) is 0 Å². The molecule has 98 valence electrons. The molecule has 1 atom stereocenters. The van der Waals surface area contributed by atoms with Gasteiger partial charge in [0.1, 0.15) is 0 Å². The second kappa shape index (κ2) is 24.8. The van der Waals surface area contributed by atoms with Gasteiger partial charge in [-0.3, -0.25) is 4.79 Å². The Morgan fingerprint density at radius 1 is 1.17 bits per heavy atom. The van der Waals surface area contributed by atoms with Crippen LogP contribution in [0.5, 0.6) is 0 Å². The Morgan fingerprint density at radius 2 is 1.67 bits per heavy atom. The zero-order valence-corrected chi connectivity index (χ0v) is 10.5. The van der Waals surface area contributed by atoms with Crippen molar-refractivity contribution in [3.63, 3.8) is 0 Å². The zero-order chi connectivity index (χ0) is 14.1. The number of rotatable bonds is 3. The van der Waals surface area contributed by atoms with Gasteiger partial charge in [0.25, 0.3) is 0 Å². The van der Waals surface area contributed by atoms with Crippen molar-refractivity contribution in [3.8, 4) is 0 Å². The smallest absolute Gasteiger partial charge is 0 e. The van der Waals surface area contributed by atoms with Gasteiger partial charge in [-0.1, -0.05) is 24.3 Å². The molecule has 0 heterocycles. The Labute approximate surface area is 117 Å². The standard InChI is InChI=1S/C9H12O2.3CO.Fe/c10-9(11)7-6-8-4-2-1-3-5-8;3*1-2;/h1-4,8H,5-7H2,(H,10,11);;;;. The van der Waals surface area contributed by atoms with E-state index in [1.54, 1.807) is 0 Å². The van der Waals surface area contributed by atoms with Crippen LogP contribution in [-0.2, 0) is 35.8 Å². The SMILES string of the molecule is O=C(O)CCC1C=CC=CC1.[C-]#[O+].[C-]#[O+].[C-]#[O+].[Fe]. The molecule has 1 aliphatic carbocycles. The second-order valence-corrected chi connectivity index (χ2v) is 2.74. The molecule has 1 aliphatic rings. The van der Waals surface area contributed by atoms with Gasteiger partial charge in [0, 0.05) is 23.5 Å². The Morgan fingerprint density at radius 3 is 2.00 bits per heavy atom. The molecule has 0 bridgehead atoms. The van der Waals surface area contributed by atoms with Crippen molar-refractivity contribution in [1.29, 1.82) is 0 Å². The van der Waals surface area contributed by atoms with Crippen LogP contribution in [-0.4, -0.2) is 11.1 Å². The maximum atomic E-state index is 10.2. The summed E-state index contributed by atoms with van der Waals surface area (Å²) in [6.45, 7) is 13.5. The summed E-state index contributed by atoms with van der Waals surface area (Å²) >= 11 is 0. The van der Waals surface area contributed by atoms with Gasteiger partial charge in [-0.25, -0.2) is 0 Å². The van der Waals surface area contributed by atoms with Gasteiger partial charge >= 0.3 is 39.9 Å². The molecule has 18 heavy (non-hydrogen) atoms. The van der Waals surface area contributed by atoms with Crippen molar-refractivity contribution in [3.05, 3.63) is 44.3 Å². The molecule has 0 spiro atoms. The average Bonchev–Trinajstić information content (AvgIpc) is 2.44. The third kappa shape index (κ3) is 20.1. The van der Waals surface area contributed by atoms with Crippen LogP contribution in [0.4, 0.5) is 0 Å². The summed E-state index contributed by atoms with van der Waals surface area (Å²) in [4.78, 5) is 10.2. The van der Waals surface area contributed by atoms with Crippen LogP contribution in [0.15, 0.2) is 24.3 Å². The molecule has 1 N–H and O–H groups in total. The molecule has 0 fully saturated rings. The van der Waals surface area contributed by atoms with E-state index in [-0.39, 0.29) is 23.5 Å². The van der Waals surface area contributed by atoms with Crippen LogP contribution in [0, 0.1) is 25.9 Å². The Kier molecular flexibility index (Phi) is 35.1. The molecule has 0 radical (unpaired) electrons. The van der Waals surface area contributed by atoms with Crippen LogP contribution >= 0.6 is 0 Å². The number of carboxylic acids is 1. The first-order valence-corrected chi connectivity index (χ1v) is 4.45. The van der Waals surface area contributed by atoms with Crippen LogP contribution < -0.4 is 0 Å². The minimum Gasteiger partial charge on any atom is 0 e. The number of carboxylic acid groups (broad SMARTS) is 1. The van der Waals surface area contributed by atoms with Crippen LogP contribution in [0.3, 0.4) is 0 Å². The van der Waals surface area contributed by atoms with Crippen LogP contribution in [0.25, 0.3) is 0 Å². The van der Waals surface area contributed by atoms with Gasteiger partial charge < -0.3 is 5.11 Å². The molecule has 0 aromatic heterocycles. The fourth-order valence-electron chi connectivity index (χ4n) is 1.15. The van der Waals surface area contributed by atoms with Crippen LogP contribution in [0.1, 0.15) is 19.3 Å². The molecule has 6 heteroatoms. The Balaban J connectivity index is -0.000000123. The number of hydrogen-bond donors (Lipinski definition) is 1. The van der Waals surface area contributed by atoms with Crippen molar-refractivity contribution in [1.82, 2.24) is 0 Å². The molecule has 1 rings (SSSR count). The summed E-state index contributed by atoms with van der Waals surface area (Å²) in [5, 5.41) is 8.40. The van der Waals surface area contributed by atoms with E-state index in [0.29, 0.717) is 5.92 Å². The number of carbonyl (C=O) groups is 1. The first-order chi connectivity index (χ1) is 8.29. The summed E-state index contributed by atoms with van der Waals surface area (Å²) in [5.74, 6) is -0.260. The largest absolute Gasteiger partial charge is 0 e. The third-order valence-electron chi connectivity index (χ3n) is 1.80. The van der Waals surface area contributed by atoms with Crippen molar-refractivity contribution < 1.29 is 40.9 Å². The molecule has 0 aromatic carbocycles. The van der Waals surface area contributed by atoms with E-state index in [4.69, 9.17) is 19.1 Å². The van der Waals surface area contributed by atoms with Gasteiger partial charge in [-0.15, -0.1) is 0 Å². The quantitative estimate of drug-likeness (QED) is 0.488. The molecule has 0 amide bonds. The molecule has 0 saturated carbocycles. The van der Waals surface area contributed by atoms with Gasteiger partial charge in [0.05, 0.1) is 0 Å². The van der Waals surface area contributed by atoms with Gasteiger partial charge in [-0.2, -0.15) is 0 Å². The van der Waals surface area contributed by atoms with Crippen molar-refractivity contribution >= 4 is 5.97 Å². The Bertz CT molecular complexity index is 287. The fraction of sp³-hybridized carbons (Fsp3) is 0.333. The van der Waals surface area contributed by atoms with Gasteiger partial charge in [-0.05, 0) is 18.8 Å². The molecule has 0 aliphatic heterocycles. The topological polar surface area (TPSA) is 97.0 Å². The third-order valence-corrected chi connectivity index (χ3v) is 1.80. The normalized spacial score (nSPS) is 13.8. The van der Waals surface area contributed by atoms with Gasteiger partial charge in [0.2, 0.25) is 0 Å². The first-order valence-electron chi connectivity index (χ1n) is 4.45. The monoisotopic (exact) mass is 292 g/mol. The summed E-state index contributed by atoms with van der Waals surface area (Å²) in [7, 11) is 0. The molecular formula is C12H12FeO5. The maximum Gasteiger partial charge on any atom is 0 e. The number of hydrogen-bond acceptors (Lipinski definition) is 1. The predicted molar refractivity (Wildman–Crippen MR) is 55.0 cm³/mol. The molecule has 1 unspecified atom stereocenters. The number of aliphatic carboxylic acids is 1. The van der Waals surface area contributed by atoms with E-state index in [1.807, 2.05) is 12.2 Å². The van der Waals surface area contributed by atoms with E-state index >= 15 is 0 Å².